The predicted molar refractivity (Wildman–Crippen MR) is 71.4 cm³/mol. The number of amides is 2. The number of imide groups is 1. The number of allylic oxidation sites excluding steroid dienone is 2. The van der Waals surface area contributed by atoms with E-state index in [9.17, 15) is 9.59 Å². The predicted octanol–water partition coefficient (Wildman–Crippen LogP) is 1.22. The van der Waals surface area contributed by atoms with Crippen LogP contribution in [-0.2, 0) is 9.59 Å². The summed E-state index contributed by atoms with van der Waals surface area (Å²) in [7, 11) is 0. The minimum atomic E-state index is -0.191. The van der Waals surface area contributed by atoms with Crippen LogP contribution in [0.5, 0.6) is 0 Å². The van der Waals surface area contributed by atoms with Crippen LogP contribution in [-0.4, -0.2) is 28.0 Å². The van der Waals surface area contributed by atoms with Crippen LogP contribution in [0, 0.1) is 23.7 Å². The molecule has 0 N–H and O–H groups in total. The van der Waals surface area contributed by atoms with E-state index in [2.05, 4.69) is 22.2 Å². The van der Waals surface area contributed by atoms with Crippen molar-refractivity contribution in [3.8, 4) is 0 Å². The van der Waals surface area contributed by atoms with Gasteiger partial charge in [0.25, 0.3) is 11.8 Å². The van der Waals surface area contributed by atoms with E-state index in [4.69, 9.17) is 0 Å². The molecule has 0 spiro atoms. The summed E-state index contributed by atoms with van der Waals surface area (Å²) >= 11 is 0. The average Bonchev–Trinajstić information content (AvgIpc) is 3.13. The number of carbonyl (C=O) groups excluding carboxylic acids is 2. The lowest BCUT2D eigenvalue weighted by Gasteiger charge is -2.13. The number of carbonyl (C=O) groups is 2. The van der Waals surface area contributed by atoms with Crippen molar-refractivity contribution in [3.05, 3.63) is 42.2 Å². The second-order valence-electron chi connectivity index (χ2n) is 5.52. The molecule has 1 saturated heterocycles. The minimum Gasteiger partial charge on any atom is -0.272 e. The highest BCUT2D eigenvalue weighted by Gasteiger charge is 2.59. The summed E-state index contributed by atoms with van der Waals surface area (Å²) in [5, 5.41) is 5.13. The van der Waals surface area contributed by atoms with Gasteiger partial charge in [0.15, 0.2) is 0 Å². The smallest absolute Gasteiger partial charge is 0.254 e. The zero-order valence-electron chi connectivity index (χ0n) is 10.7. The molecule has 5 nitrogen and oxygen atoms in total. The summed E-state index contributed by atoms with van der Waals surface area (Å²) in [6.45, 7) is 0. The van der Waals surface area contributed by atoms with E-state index in [0.717, 1.165) is 17.0 Å². The molecule has 0 aromatic carbocycles. The van der Waals surface area contributed by atoms with Crippen molar-refractivity contribution >= 4 is 18.0 Å². The second-order valence-corrected chi connectivity index (χ2v) is 5.52. The highest BCUT2D eigenvalue weighted by molar-refractivity contribution is 6.06. The maximum Gasteiger partial charge on any atom is 0.254 e. The molecule has 100 valence electrons. The van der Waals surface area contributed by atoms with E-state index >= 15 is 0 Å². The molecule has 4 rings (SSSR count). The van der Waals surface area contributed by atoms with Gasteiger partial charge in [-0.25, -0.2) is 0 Å². The molecule has 5 heteroatoms. The van der Waals surface area contributed by atoms with Crippen LogP contribution >= 0.6 is 0 Å². The van der Waals surface area contributed by atoms with Gasteiger partial charge in [0.05, 0.1) is 18.1 Å². The summed E-state index contributed by atoms with van der Waals surface area (Å²) in [6.07, 6.45) is 9.90. The van der Waals surface area contributed by atoms with Gasteiger partial charge in [-0.1, -0.05) is 18.2 Å². The minimum absolute atomic E-state index is 0.156. The van der Waals surface area contributed by atoms with Gasteiger partial charge in [-0.05, 0) is 24.3 Å². The Morgan fingerprint density at radius 2 is 1.90 bits per heavy atom. The van der Waals surface area contributed by atoms with Gasteiger partial charge < -0.3 is 0 Å². The fraction of sp³-hybridized carbons (Fsp3) is 0.333. The van der Waals surface area contributed by atoms with Crippen molar-refractivity contribution in [2.45, 2.75) is 6.42 Å². The summed E-state index contributed by atoms with van der Waals surface area (Å²) < 4.78 is 0. The molecule has 3 aliphatic rings. The first kappa shape index (κ1) is 11.5. The van der Waals surface area contributed by atoms with E-state index in [1.165, 1.54) is 6.21 Å². The third-order valence-corrected chi connectivity index (χ3v) is 4.45. The van der Waals surface area contributed by atoms with Gasteiger partial charge in [0, 0.05) is 18.0 Å². The van der Waals surface area contributed by atoms with E-state index < -0.39 is 0 Å². The molecule has 2 aliphatic carbocycles. The third kappa shape index (κ3) is 1.49. The molecule has 2 amide bonds. The molecule has 1 aromatic rings. The number of hydrogen-bond donors (Lipinski definition) is 0. The lowest BCUT2D eigenvalue weighted by molar-refractivity contribution is -0.140. The largest absolute Gasteiger partial charge is 0.272 e. The summed E-state index contributed by atoms with van der Waals surface area (Å²) in [4.78, 5) is 28.7. The highest BCUT2D eigenvalue weighted by Crippen LogP contribution is 2.52. The van der Waals surface area contributed by atoms with Gasteiger partial charge in [-0.3, -0.25) is 14.6 Å². The maximum absolute atomic E-state index is 12.4. The Morgan fingerprint density at radius 1 is 1.20 bits per heavy atom. The normalized spacial score (nSPS) is 34.5. The van der Waals surface area contributed by atoms with Crippen molar-refractivity contribution < 1.29 is 9.59 Å². The molecule has 20 heavy (non-hydrogen) atoms. The van der Waals surface area contributed by atoms with E-state index in [-0.39, 0.29) is 35.5 Å². The average molecular weight is 267 g/mol. The molecule has 4 unspecified atom stereocenters. The second kappa shape index (κ2) is 4.10. The Kier molecular flexibility index (Phi) is 2.36. The number of fused-ring (bicyclic) bond motifs is 5. The Labute approximate surface area is 116 Å². The SMILES string of the molecule is O=C1C2C3C=CC(C3)C2C(=O)N1N=Cc1cccnc1. The number of rotatable bonds is 2. The standard InChI is InChI=1S/C15H13N3O2/c19-14-12-10-3-4-11(6-10)13(12)15(20)18(14)17-8-9-2-1-5-16-7-9/h1-5,7-8,10-13H,6H2. The molecule has 2 bridgehead atoms. The van der Waals surface area contributed by atoms with E-state index in [1.54, 1.807) is 18.5 Å². The molecular weight excluding hydrogens is 254 g/mol. The van der Waals surface area contributed by atoms with E-state index in [1.807, 2.05) is 6.07 Å². The maximum atomic E-state index is 12.4. The zero-order valence-corrected chi connectivity index (χ0v) is 10.7. The van der Waals surface area contributed by atoms with Crippen LogP contribution in [0.1, 0.15) is 12.0 Å². The zero-order chi connectivity index (χ0) is 13.7. The van der Waals surface area contributed by atoms with Crippen molar-refractivity contribution in [1.82, 2.24) is 9.99 Å². The van der Waals surface area contributed by atoms with E-state index in [0.29, 0.717) is 0 Å². The molecule has 2 fully saturated rings. The number of nitrogens with zero attached hydrogens (tertiary/aromatic N) is 3. The molecule has 1 saturated carbocycles. The first-order chi connectivity index (χ1) is 9.75. The van der Waals surface area contributed by atoms with Crippen LogP contribution in [0.25, 0.3) is 0 Å². The van der Waals surface area contributed by atoms with Crippen molar-refractivity contribution in [3.63, 3.8) is 0 Å². The monoisotopic (exact) mass is 267 g/mol. The molecule has 0 radical (unpaired) electrons. The van der Waals surface area contributed by atoms with Gasteiger partial charge in [0.2, 0.25) is 0 Å². The number of hydrazone groups is 1. The lowest BCUT2D eigenvalue weighted by atomic mass is 9.85. The van der Waals surface area contributed by atoms with Gasteiger partial charge in [0.1, 0.15) is 0 Å². The Hall–Kier alpha value is -2.30. The molecule has 2 heterocycles. The van der Waals surface area contributed by atoms with Crippen LogP contribution in [0.15, 0.2) is 41.8 Å². The third-order valence-electron chi connectivity index (χ3n) is 4.45. The van der Waals surface area contributed by atoms with Gasteiger partial charge >= 0.3 is 0 Å². The Bertz CT molecular complexity index is 608. The molecular formula is C15H13N3O2. The molecule has 4 atom stereocenters. The van der Waals surface area contributed by atoms with Crippen LogP contribution in [0.2, 0.25) is 0 Å². The fourth-order valence-corrected chi connectivity index (χ4v) is 3.58. The number of aromatic nitrogens is 1. The van der Waals surface area contributed by atoms with Crippen molar-refractivity contribution in [2.24, 2.45) is 28.8 Å². The molecule has 1 aromatic heterocycles. The Balaban J connectivity index is 1.61. The Morgan fingerprint density at radius 3 is 2.50 bits per heavy atom. The van der Waals surface area contributed by atoms with Crippen molar-refractivity contribution in [1.29, 1.82) is 0 Å². The first-order valence-electron chi connectivity index (χ1n) is 6.76. The fourth-order valence-electron chi connectivity index (χ4n) is 3.58. The highest BCUT2D eigenvalue weighted by atomic mass is 16.2. The lowest BCUT2D eigenvalue weighted by Crippen LogP contribution is -2.28. The quantitative estimate of drug-likeness (QED) is 0.460. The van der Waals surface area contributed by atoms with Crippen molar-refractivity contribution in [2.75, 3.05) is 0 Å². The number of pyridine rings is 1. The van der Waals surface area contributed by atoms with Crippen LogP contribution in [0.4, 0.5) is 0 Å². The van der Waals surface area contributed by atoms with Gasteiger partial charge in [-0.15, -0.1) is 0 Å². The summed E-state index contributed by atoms with van der Waals surface area (Å²) in [5.41, 5.74) is 0.770. The topological polar surface area (TPSA) is 62.6 Å². The van der Waals surface area contributed by atoms with Crippen LogP contribution in [0.3, 0.4) is 0 Å². The van der Waals surface area contributed by atoms with Crippen LogP contribution < -0.4 is 0 Å². The summed E-state index contributed by atoms with van der Waals surface area (Å²) in [5.74, 6) is -0.249. The number of hydrogen-bond acceptors (Lipinski definition) is 4. The summed E-state index contributed by atoms with van der Waals surface area (Å²) in [6, 6.07) is 3.61. The van der Waals surface area contributed by atoms with Gasteiger partial charge in [-0.2, -0.15) is 10.1 Å². The molecule has 1 aliphatic heterocycles. The first-order valence-corrected chi connectivity index (χ1v) is 6.76.